The van der Waals surface area contributed by atoms with Crippen LogP contribution in [0.15, 0.2) is 12.2 Å². The third kappa shape index (κ3) is 13.9. The molecule has 0 aliphatic carbocycles. The molecule has 0 bridgehead atoms. The molecule has 0 fully saturated rings. The molecular weight excluding hydrogens is 255 g/mol. The number of unbranched alkanes of at least 4 members (excludes halogenated alkanes) is 6. The molecule has 19 heavy (non-hydrogen) atoms. The van der Waals surface area contributed by atoms with Gasteiger partial charge in [0.25, 0.3) is 0 Å². The van der Waals surface area contributed by atoms with E-state index in [9.17, 15) is 9.59 Å². The van der Waals surface area contributed by atoms with Crippen LogP contribution in [0.3, 0.4) is 0 Å². The first kappa shape index (κ1) is 21.0. The molecule has 1 atom stereocenters. The van der Waals surface area contributed by atoms with Gasteiger partial charge in [-0.15, -0.1) is 0 Å². The van der Waals surface area contributed by atoms with Gasteiger partial charge < -0.3 is 11.6 Å². The van der Waals surface area contributed by atoms with E-state index in [1.54, 1.807) is 6.08 Å². The Balaban J connectivity index is -0.00000144. The Labute approximate surface area is 139 Å². The maximum atomic E-state index is 10.8. The first-order chi connectivity index (χ1) is 8.57. The topological polar surface area (TPSA) is 74.6 Å². The summed E-state index contributed by atoms with van der Waals surface area (Å²) in [5.74, 6) is -3.05. The molecule has 0 aliphatic heterocycles. The quantitative estimate of drug-likeness (QED) is 0.330. The minimum atomic E-state index is -1.08. The summed E-state index contributed by atoms with van der Waals surface area (Å²) in [5, 5.41) is 17.4. The fraction of sp³-hybridized carbons (Fsp3) is 0.714. The van der Waals surface area contributed by atoms with Gasteiger partial charge in [0.1, 0.15) is 0 Å². The van der Waals surface area contributed by atoms with Gasteiger partial charge in [-0.25, -0.2) is 0 Å². The molecule has 0 rings (SSSR count). The summed E-state index contributed by atoms with van der Waals surface area (Å²) in [4.78, 5) is 21.2. The number of allylic oxidation sites excluding steroid dienone is 1. The summed E-state index contributed by atoms with van der Waals surface area (Å²) >= 11 is 0. The first-order valence-corrected chi connectivity index (χ1v) is 6.69. The molecule has 0 aromatic heterocycles. The molecular formula is C14H25NaO4. The molecule has 5 heteroatoms. The Morgan fingerprint density at radius 2 is 1.68 bits per heavy atom. The summed E-state index contributed by atoms with van der Waals surface area (Å²) in [6.07, 6.45) is 11.0. The van der Waals surface area contributed by atoms with Crippen LogP contribution in [-0.4, -0.2) is 22.2 Å². The third-order valence-electron chi connectivity index (χ3n) is 2.80. The van der Waals surface area contributed by atoms with E-state index in [4.69, 9.17) is 10.2 Å². The SMILES string of the molecule is CCCCCCCCC=CC(CC(=O)O)C(=O)O.[H-].[Na+]. The average Bonchev–Trinajstić information content (AvgIpc) is 2.30. The Morgan fingerprint density at radius 3 is 2.21 bits per heavy atom. The minimum Gasteiger partial charge on any atom is -1.00 e. The molecule has 0 heterocycles. The molecule has 0 amide bonds. The van der Waals surface area contributed by atoms with E-state index in [0.717, 1.165) is 19.3 Å². The number of aliphatic carboxylic acids is 2. The van der Waals surface area contributed by atoms with Gasteiger partial charge in [-0.05, 0) is 12.8 Å². The van der Waals surface area contributed by atoms with Crippen molar-refractivity contribution in [2.24, 2.45) is 5.92 Å². The predicted octanol–water partition coefficient (Wildman–Crippen LogP) is 0.585. The standard InChI is InChI=1S/C14H24O4.Na.H/c1-2-3-4-5-6-7-8-9-10-12(14(17)18)11-13(15)16;;/h9-10,12H,2-8,11H2,1H3,(H,15,16)(H,17,18);;/q;+1;-1. The molecule has 106 valence electrons. The first-order valence-electron chi connectivity index (χ1n) is 6.69. The second-order valence-electron chi connectivity index (χ2n) is 4.53. The van der Waals surface area contributed by atoms with E-state index < -0.39 is 17.9 Å². The van der Waals surface area contributed by atoms with Gasteiger partial charge in [-0.1, -0.05) is 51.2 Å². The van der Waals surface area contributed by atoms with Crippen molar-refractivity contribution < 1.29 is 50.8 Å². The van der Waals surface area contributed by atoms with Crippen molar-refractivity contribution in [2.75, 3.05) is 0 Å². The van der Waals surface area contributed by atoms with Crippen LogP contribution in [0.1, 0.15) is 59.7 Å². The zero-order chi connectivity index (χ0) is 13.8. The number of hydrogen-bond acceptors (Lipinski definition) is 2. The van der Waals surface area contributed by atoms with Crippen molar-refractivity contribution in [3.8, 4) is 0 Å². The Bertz CT molecular complexity index is 282. The fourth-order valence-corrected chi connectivity index (χ4v) is 1.73. The Kier molecular flexibility index (Phi) is 15.6. The van der Waals surface area contributed by atoms with Crippen LogP contribution < -0.4 is 29.6 Å². The molecule has 0 saturated heterocycles. The monoisotopic (exact) mass is 280 g/mol. The predicted molar refractivity (Wildman–Crippen MR) is 71.6 cm³/mol. The van der Waals surface area contributed by atoms with E-state index in [1.807, 2.05) is 0 Å². The summed E-state index contributed by atoms with van der Waals surface area (Å²) in [6.45, 7) is 2.18. The Hall–Kier alpha value is -0.320. The van der Waals surface area contributed by atoms with Crippen molar-refractivity contribution in [1.29, 1.82) is 0 Å². The molecule has 0 aromatic carbocycles. The third-order valence-corrected chi connectivity index (χ3v) is 2.80. The minimum absolute atomic E-state index is 0. The van der Waals surface area contributed by atoms with Crippen molar-refractivity contribution in [2.45, 2.75) is 58.3 Å². The van der Waals surface area contributed by atoms with Gasteiger partial charge in [0, 0.05) is 0 Å². The van der Waals surface area contributed by atoms with E-state index in [-0.39, 0.29) is 37.4 Å². The second-order valence-corrected chi connectivity index (χ2v) is 4.53. The van der Waals surface area contributed by atoms with E-state index in [1.165, 1.54) is 31.8 Å². The molecule has 0 aliphatic rings. The van der Waals surface area contributed by atoms with Gasteiger partial charge in [0.05, 0.1) is 12.3 Å². The fourth-order valence-electron chi connectivity index (χ4n) is 1.73. The summed E-state index contributed by atoms with van der Waals surface area (Å²) < 4.78 is 0. The molecule has 0 aromatic rings. The normalized spacial score (nSPS) is 12.1. The maximum Gasteiger partial charge on any atom is 1.00 e. The van der Waals surface area contributed by atoms with Crippen LogP contribution in [-0.2, 0) is 9.59 Å². The second kappa shape index (κ2) is 14.1. The zero-order valence-corrected chi connectivity index (χ0v) is 14.1. The smallest absolute Gasteiger partial charge is 1.00 e. The van der Waals surface area contributed by atoms with Crippen LogP contribution in [0.25, 0.3) is 0 Å². The number of carboxylic acids is 2. The van der Waals surface area contributed by atoms with Gasteiger partial charge in [-0.2, -0.15) is 0 Å². The number of carboxylic acid groups (broad SMARTS) is 2. The molecule has 0 radical (unpaired) electrons. The largest absolute Gasteiger partial charge is 1.00 e. The van der Waals surface area contributed by atoms with Crippen molar-refractivity contribution in [3.63, 3.8) is 0 Å². The zero-order valence-electron chi connectivity index (χ0n) is 13.1. The van der Waals surface area contributed by atoms with Crippen molar-refractivity contribution >= 4 is 11.9 Å². The number of rotatable bonds is 11. The van der Waals surface area contributed by atoms with Crippen LogP contribution in [0.4, 0.5) is 0 Å². The summed E-state index contributed by atoms with van der Waals surface area (Å²) in [7, 11) is 0. The molecule has 1 unspecified atom stereocenters. The van der Waals surface area contributed by atoms with E-state index in [0.29, 0.717) is 0 Å². The molecule has 0 spiro atoms. The number of carbonyl (C=O) groups is 2. The van der Waals surface area contributed by atoms with Crippen LogP contribution in [0, 0.1) is 5.92 Å². The van der Waals surface area contributed by atoms with Gasteiger partial charge in [0.15, 0.2) is 0 Å². The molecule has 2 N–H and O–H groups in total. The maximum absolute atomic E-state index is 10.8. The van der Waals surface area contributed by atoms with Crippen LogP contribution in [0.2, 0.25) is 0 Å². The average molecular weight is 280 g/mol. The summed E-state index contributed by atoms with van der Waals surface area (Å²) in [6, 6.07) is 0. The van der Waals surface area contributed by atoms with Gasteiger partial charge in [-0.3, -0.25) is 9.59 Å². The molecule has 0 saturated carbocycles. The van der Waals surface area contributed by atoms with Crippen LogP contribution in [0.5, 0.6) is 0 Å². The van der Waals surface area contributed by atoms with Crippen LogP contribution >= 0.6 is 0 Å². The number of hydrogen-bond donors (Lipinski definition) is 2. The van der Waals surface area contributed by atoms with Gasteiger partial charge in [0.2, 0.25) is 0 Å². The van der Waals surface area contributed by atoms with E-state index >= 15 is 0 Å². The van der Waals surface area contributed by atoms with Gasteiger partial charge >= 0.3 is 41.5 Å². The van der Waals surface area contributed by atoms with Crippen molar-refractivity contribution in [3.05, 3.63) is 12.2 Å². The Morgan fingerprint density at radius 1 is 1.11 bits per heavy atom. The summed E-state index contributed by atoms with van der Waals surface area (Å²) in [5.41, 5.74) is 0. The van der Waals surface area contributed by atoms with Crippen molar-refractivity contribution in [1.82, 2.24) is 0 Å². The molecule has 4 nitrogen and oxygen atoms in total. The van der Waals surface area contributed by atoms with E-state index in [2.05, 4.69) is 6.92 Å².